The Hall–Kier alpha value is -3.13. The number of amides is 1. The quantitative estimate of drug-likeness (QED) is 0.648. The van der Waals surface area contributed by atoms with E-state index in [0.29, 0.717) is 30.2 Å². The third kappa shape index (κ3) is 5.52. The lowest BCUT2D eigenvalue weighted by Crippen LogP contribution is -2.41. The minimum absolute atomic E-state index is 0.0500. The van der Waals surface area contributed by atoms with Gasteiger partial charge in [0.15, 0.2) is 11.5 Å². The molecule has 3 rings (SSSR count). The van der Waals surface area contributed by atoms with Crippen molar-refractivity contribution < 1.29 is 28.2 Å². The zero-order valence-corrected chi connectivity index (χ0v) is 17.9. The summed E-state index contributed by atoms with van der Waals surface area (Å²) >= 11 is 0. The van der Waals surface area contributed by atoms with Crippen LogP contribution in [0.3, 0.4) is 0 Å². The van der Waals surface area contributed by atoms with Crippen molar-refractivity contribution in [3.8, 4) is 11.5 Å². The number of carbonyl (C=O) groups excluding carboxylic acids is 2. The highest BCUT2D eigenvalue weighted by molar-refractivity contribution is 5.92. The lowest BCUT2D eigenvalue weighted by atomic mass is 9.90. The zero-order valence-electron chi connectivity index (χ0n) is 17.9. The number of esters is 1. The molecule has 1 heterocycles. The topological polar surface area (TPSA) is 77.1 Å². The molecule has 0 aliphatic carbocycles. The van der Waals surface area contributed by atoms with Crippen LogP contribution in [-0.2, 0) is 20.7 Å². The van der Waals surface area contributed by atoms with E-state index in [1.165, 1.54) is 18.2 Å². The lowest BCUT2D eigenvalue weighted by molar-refractivity contribution is -0.145. The van der Waals surface area contributed by atoms with Crippen molar-refractivity contribution in [2.24, 2.45) is 0 Å². The number of anilines is 1. The molecule has 2 aromatic carbocycles. The molecule has 0 saturated heterocycles. The van der Waals surface area contributed by atoms with Crippen molar-refractivity contribution >= 4 is 17.6 Å². The molecular formula is C23H27FN2O5. The first-order valence-electron chi connectivity index (χ1n) is 10.1. The molecular weight excluding hydrogens is 403 g/mol. The predicted molar refractivity (Wildman–Crippen MR) is 114 cm³/mol. The first-order valence-corrected chi connectivity index (χ1v) is 10.1. The van der Waals surface area contributed by atoms with E-state index in [-0.39, 0.29) is 37.5 Å². The van der Waals surface area contributed by atoms with Gasteiger partial charge in [0.05, 0.1) is 33.8 Å². The Morgan fingerprint density at radius 2 is 1.90 bits per heavy atom. The van der Waals surface area contributed by atoms with Crippen LogP contribution in [0.2, 0.25) is 0 Å². The predicted octanol–water partition coefficient (Wildman–Crippen LogP) is 3.33. The standard InChI is InChI=1S/C23H27FN2O5/c1-4-31-23(28)13-19-18-12-21(30-3)20(29-2)10-15(18)8-9-26(19)14-22(27)25-17-7-5-6-16(24)11-17/h5-7,10-12,19H,4,8-9,13-14H2,1-3H3,(H,25,27)/t19-/m1/s1. The number of fused-ring (bicyclic) bond motifs is 1. The maximum absolute atomic E-state index is 13.4. The summed E-state index contributed by atoms with van der Waals surface area (Å²) in [6.07, 6.45) is 0.784. The fourth-order valence-corrected chi connectivity index (χ4v) is 3.84. The number of ether oxygens (including phenoxy) is 3. The second kappa shape index (κ2) is 10.3. The molecule has 0 unspecified atom stereocenters. The Balaban J connectivity index is 1.85. The van der Waals surface area contributed by atoms with E-state index >= 15 is 0 Å². The Labute approximate surface area is 181 Å². The molecule has 1 aliphatic rings. The van der Waals surface area contributed by atoms with E-state index in [0.717, 1.165) is 11.1 Å². The highest BCUT2D eigenvalue weighted by Crippen LogP contribution is 2.39. The van der Waals surface area contributed by atoms with Crippen LogP contribution in [0, 0.1) is 5.82 Å². The Morgan fingerprint density at radius 1 is 1.16 bits per heavy atom. The third-order valence-electron chi connectivity index (χ3n) is 5.23. The largest absolute Gasteiger partial charge is 0.493 e. The fourth-order valence-electron chi connectivity index (χ4n) is 3.84. The molecule has 166 valence electrons. The summed E-state index contributed by atoms with van der Waals surface area (Å²) in [6, 6.07) is 9.14. The van der Waals surface area contributed by atoms with E-state index in [2.05, 4.69) is 5.32 Å². The van der Waals surface area contributed by atoms with Gasteiger partial charge in [-0.15, -0.1) is 0 Å². The fraction of sp³-hybridized carbons (Fsp3) is 0.391. The number of nitrogens with one attached hydrogen (secondary N) is 1. The van der Waals surface area contributed by atoms with Crippen molar-refractivity contribution in [1.29, 1.82) is 0 Å². The molecule has 8 heteroatoms. The molecule has 0 saturated carbocycles. The van der Waals surface area contributed by atoms with E-state index in [1.54, 1.807) is 27.2 Å². The molecule has 7 nitrogen and oxygen atoms in total. The summed E-state index contributed by atoms with van der Waals surface area (Å²) < 4.78 is 29.4. The van der Waals surface area contributed by atoms with Crippen LogP contribution in [0.4, 0.5) is 10.1 Å². The molecule has 0 bridgehead atoms. The lowest BCUT2D eigenvalue weighted by Gasteiger charge is -2.37. The van der Waals surface area contributed by atoms with E-state index in [9.17, 15) is 14.0 Å². The van der Waals surface area contributed by atoms with Gasteiger partial charge in [0, 0.05) is 18.3 Å². The van der Waals surface area contributed by atoms with Crippen LogP contribution >= 0.6 is 0 Å². The van der Waals surface area contributed by atoms with Crippen LogP contribution in [-0.4, -0.2) is 50.7 Å². The highest BCUT2D eigenvalue weighted by atomic mass is 19.1. The molecule has 0 fully saturated rings. The van der Waals surface area contributed by atoms with Gasteiger partial charge in [0.2, 0.25) is 5.91 Å². The normalized spacial score (nSPS) is 15.7. The number of methoxy groups -OCH3 is 2. The first kappa shape index (κ1) is 22.6. The second-order valence-corrected chi connectivity index (χ2v) is 7.21. The average molecular weight is 430 g/mol. The van der Waals surface area contributed by atoms with E-state index in [1.807, 2.05) is 17.0 Å². The molecule has 0 radical (unpaired) electrons. The Kier molecular flexibility index (Phi) is 7.46. The van der Waals surface area contributed by atoms with Gasteiger partial charge in [-0.2, -0.15) is 0 Å². The molecule has 1 amide bonds. The third-order valence-corrected chi connectivity index (χ3v) is 5.23. The maximum Gasteiger partial charge on any atom is 0.307 e. The number of hydrogen-bond donors (Lipinski definition) is 1. The molecule has 0 spiro atoms. The molecule has 2 aromatic rings. The Bertz CT molecular complexity index is 950. The van der Waals surface area contributed by atoms with Crippen LogP contribution in [0.1, 0.15) is 30.5 Å². The Morgan fingerprint density at radius 3 is 2.58 bits per heavy atom. The minimum Gasteiger partial charge on any atom is -0.493 e. The average Bonchev–Trinajstić information content (AvgIpc) is 2.74. The van der Waals surface area contributed by atoms with Gasteiger partial charge in [-0.3, -0.25) is 14.5 Å². The summed E-state index contributed by atoms with van der Waals surface area (Å²) in [4.78, 5) is 26.9. The number of halogens is 1. The van der Waals surface area contributed by atoms with Crippen molar-refractivity contribution in [2.45, 2.75) is 25.8 Å². The summed E-state index contributed by atoms with van der Waals surface area (Å²) in [5.74, 6) is 0.120. The number of benzene rings is 2. The van der Waals surface area contributed by atoms with Crippen molar-refractivity contribution in [3.63, 3.8) is 0 Å². The molecule has 0 aromatic heterocycles. The van der Waals surface area contributed by atoms with Gasteiger partial charge in [0.1, 0.15) is 5.82 Å². The van der Waals surface area contributed by atoms with Gasteiger partial charge >= 0.3 is 5.97 Å². The van der Waals surface area contributed by atoms with Crippen molar-refractivity contribution in [2.75, 3.05) is 39.2 Å². The summed E-state index contributed by atoms with van der Waals surface area (Å²) in [5, 5.41) is 2.71. The van der Waals surface area contributed by atoms with Gasteiger partial charge in [-0.1, -0.05) is 6.07 Å². The van der Waals surface area contributed by atoms with E-state index < -0.39 is 5.82 Å². The zero-order chi connectivity index (χ0) is 22.4. The number of rotatable bonds is 8. The monoisotopic (exact) mass is 430 g/mol. The SMILES string of the molecule is CCOC(=O)C[C@@H]1c2cc(OC)c(OC)cc2CCN1CC(=O)Nc1cccc(F)c1. The molecule has 1 N–H and O–H groups in total. The molecule has 31 heavy (non-hydrogen) atoms. The summed E-state index contributed by atoms with van der Waals surface area (Å²) in [7, 11) is 3.13. The smallest absolute Gasteiger partial charge is 0.307 e. The van der Waals surface area contributed by atoms with Gasteiger partial charge in [0.25, 0.3) is 0 Å². The van der Waals surface area contributed by atoms with Crippen LogP contribution in [0.25, 0.3) is 0 Å². The van der Waals surface area contributed by atoms with Crippen LogP contribution < -0.4 is 14.8 Å². The number of hydrogen-bond acceptors (Lipinski definition) is 6. The van der Waals surface area contributed by atoms with Gasteiger partial charge in [-0.25, -0.2) is 4.39 Å². The molecule has 1 aliphatic heterocycles. The van der Waals surface area contributed by atoms with Crippen molar-refractivity contribution in [1.82, 2.24) is 4.90 Å². The maximum atomic E-state index is 13.4. The van der Waals surface area contributed by atoms with E-state index in [4.69, 9.17) is 14.2 Å². The van der Waals surface area contributed by atoms with Crippen LogP contribution in [0.15, 0.2) is 36.4 Å². The molecule has 1 atom stereocenters. The minimum atomic E-state index is -0.425. The summed E-state index contributed by atoms with van der Waals surface area (Å²) in [5.41, 5.74) is 2.32. The van der Waals surface area contributed by atoms with Crippen LogP contribution in [0.5, 0.6) is 11.5 Å². The van der Waals surface area contributed by atoms with Gasteiger partial charge < -0.3 is 19.5 Å². The number of carbonyl (C=O) groups is 2. The number of nitrogens with zero attached hydrogens (tertiary/aromatic N) is 1. The second-order valence-electron chi connectivity index (χ2n) is 7.21. The summed E-state index contributed by atoms with van der Waals surface area (Å²) in [6.45, 7) is 2.66. The van der Waals surface area contributed by atoms with Gasteiger partial charge in [-0.05, 0) is 54.8 Å². The van der Waals surface area contributed by atoms with Crippen molar-refractivity contribution in [3.05, 3.63) is 53.3 Å². The first-order chi connectivity index (χ1) is 14.9. The highest BCUT2D eigenvalue weighted by Gasteiger charge is 2.32.